The summed E-state index contributed by atoms with van der Waals surface area (Å²) in [5.74, 6) is -12.2. The van der Waals surface area contributed by atoms with Gasteiger partial charge >= 0.3 is 23.9 Å². The number of carbonyl (C=O) groups excluding carboxylic acids is 8. The second-order valence-corrected chi connectivity index (χ2v) is 14.7. The molecule has 0 aromatic carbocycles. The van der Waals surface area contributed by atoms with E-state index in [4.69, 9.17) is 37.9 Å². The Balaban J connectivity index is 1.80. The molecular formula is C38H42O16. The normalized spacial score (nSPS) is 36.3. The number of ether oxygens (including phenoxy) is 8. The summed E-state index contributed by atoms with van der Waals surface area (Å²) < 4.78 is 47.4. The van der Waals surface area contributed by atoms with E-state index in [0.29, 0.717) is 25.7 Å². The molecule has 290 valence electrons. The smallest absolute Gasteiger partial charge is 0.304 e. The maximum absolute atomic E-state index is 15.2. The van der Waals surface area contributed by atoms with Crippen molar-refractivity contribution in [1.29, 1.82) is 0 Å². The lowest BCUT2D eigenvalue weighted by atomic mass is 9.64. The van der Waals surface area contributed by atoms with Gasteiger partial charge in [0.25, 0.3) is 11.6 Å². The standard InChI is InChI=1S/C38H42O16/c1-17-11-9-13-37(51-17)33(49-19(3)39)25-23(15-47-37)29(43)35(7,53-21(5)41)31(45)27(25)28-26-24(30(44)36(8,32(28)46)54-22(6)42)16-48-38(34(26)50-20(4)40)14-10-12-18(2)52-38/h15-18,33-34H,9-14H2,1-8H3/t17-,18+,33-,34-,35+,36+,37-,38-/m1/s1. The molecule has 0 aromatic heterocycles. The van der Waals surface area contributed by atoms with Crippen LogP contribution in [0.15, 0.2) is 46.0 Å². The molecule has 0 amide bonds. The number of carbonyl (C=O) groups is 8. The summed E-state index contributed by atoms with van der Waals surface area (Å²) in [6, 6.07) is 0. The van der Waals surface area contributed by atoms with Gasteiger partial charge in [-0.2, -0.15) is 0 Å². The first kappa shape index (κ1) is 38.8. The molecule has 0 unspecified atom stereocenters. The summed E-state index contributed by atoms with van der Waals surface area (Å²) in [6.45, 7) is 9.64. The lowest BCUT2D eigenvalue weighted by molar-refractivity contribution is -0.294. The van der Waals surface area contributed by atoms with Crippen LogP contribution < -0.4 is 0 Å². The molecule has 54 heavy (non-hydrogen) atoms. The highest BCUT2D eigenvalue weighted by atomic mass is 16.7. The minimum Gasteiger partial charge on any atom is -0.465 e. The van der Waals surface area contributed by atoms with Gasteiger partial charge in [0.15, 0.2) is 12.2 Å². The van der Waals surface area contributed by atoms with Gasteiger partial charge in [-0.3, -0.25) is 38.4 Å². The third-order valence-corrected chi connectivity index (χ3v) is 10.5. The van der Waals surface area contributed by atoms with Crippen LogP contribution in [0, 0.1) is 0 Å². The van der Waals surface area contributed by atoms with Gasteiger partial charge in [-0.25, -0.2) is 0 Å². The molecule has 2 aliphatic carbocycles. The zero-order valence-electron chi connectivity index (χ0n) is 31.2. The van der Waals surface area contributed by atoms with Gasteiger partial charge in [0.05, 0.1) is 35.9 Å². The van der Waals surface area contributed by atoms with Crippen molar-refractivity contribution >= 4 is 47.0 Å². The highest BCUT2D eigenvalue weighted by Gasteiger charge is 2.66. The van der Waals surface area contributed by atoms with Crippen LogP contribution in [0.1, 0.15) is 93.9 Å². The fourth-order valence-corrected chi connectivity index (χ4v) is 8.25. The van der Waals surface area contributed by atoms with E-state index in [9.17, 15) is 28.8 Å². The topological polar surface area (TPSA) is 210 Å². The lowest BCUT2D eigenvalue weighted by Gasteiger charge is -2.50. The summed E-state index contributed by atoms with van der Waals surface area (Å²) in [5, 5.41) is 0. The number of rotatable bonds is 5. The number of ketones is 4. The summed E-state index contributed by atoms with van der Waals surface area (Å²) in [5.41, 5.74) is -8.18. The number of hydrogen-bond acceptors (Lipinski definition) is 16. The molecule has 0 aromatic rings. The second-order valence-electron chi connectivity index (χ2n) is 14.7. The summed E-state index contributed by atoms with van der Waals surface area (Å²) in [4.78, 5) is 110. The highest BCUT2D eigenvalue weighted by Crippen LogP contribution is 2.53. The van der Waals surface area contributed by atoms with Crippen LogP contribution in [-0.2, 0) is 76.3 Å². The van der Waals surface area contributed by atoms with Crippen molar-refractivity contribution in [1.82, 2.24) is 0 Å². The molecule has 4 heterocycles. The average Bonchev–Trinajstić information content (AvgIpc) is 3.06. The molecule has 16 nitrogen and oxygen atoms in total. The molecule has 0 N–H and O–H groups in total. The third kappa shape index (κ3) is 5.99. The minimum absolute atomic E-state index is 0.0901. The predicted molar refractivity (Wildman–Crippen MR) is 178 cm³/mol. The Bertz CT molecular complexity index is 1780. The van der Waals surface area contributed by atoms with Crippen molar-refractivity contribution in [2.75, 3.05) is 0 Å². The first-order valence-corrected chi connectivity index (χ1v) is 17.7. The van der Waals surface area contributed by atoms with Gasteiger partial charge < -0.3 is 37.9 Å². The van der Waals surface area contributed by atoms with Gasteiger partial charge in [-0.15, -0.1) is 0 Å². The first-order valence-electron chi connectivity index (χ1n) is 17.7. The second kappa shape index (κ2) is 13.4. The van der Waals surface area contributed by atoms with E-state index in [1.165, 1.54) is 0 Å². The van der Waals surface area contributed by atoms with Crippen molar-refractivity contribution in [3.63, 3.8) is 0 Å². The van der Waals surface area contributed by atoms with Crippen molar-refractivity contribution < 1.29 is 76.3 Å². The van der Waals surface area contributed by atoms with Crippen LogP contribution in [0.25, 0.3) is 0 Å². The fourth-order valence-electron chi connectivity index (χ4n) is 8.25. The average molecular weight is 755 g/mol. The summed E-state index contributed by atoms with van der Waals surface area (Å²) >= 11 is 0. The maximum atomic E-state index is 15.2. The summed E-state index contributed by atoms with van der Waals surface area (Å²) in [7, 11) is 0. The molecule has 2 saturated heterocycles. The highest BCUT2D eigenvalue weighted by molar-refractivity contribution is 6.37. The van der Waals surface area contributed by atoms with E-state index in [1.54, 1.807) is 13.8 Å². The van der Waals surface area contributed by atoms with E-state index in [2.05, 4.69) is 0 Å². The van der Waals surface area contributed by atoms with Crippen LogP contribution in [0.4, 0.5) is 0 Å². The number of esters is 4. The monoisotopic (exact) mass is 754 g/mol. The van der Waals surface area contributed by atoms with Gasteiger partial charge in [0.1, 0.15) is 0 Å². The number of hydrogen-bond donors (Lipinski definition) is 0. The Morgan fingerprint density at radius 3 is 1.24 bits per heavy atom. The van der Waals surface area contributed by atoms with Crippen LogP contribution in [0.2, 0.25) is 0 Å². The Morgan fingerprint density at radius 2 is 0.944 bits per heavy atom. The molecule has 0 saturated carbocycles. The predicted octanol–water partition coefficient (Wildman–Crippen LogP) is 2.79. The van der Waals surface area contributed by atoms with E-state index >= 15 is 9.59 Å². The Kier molecular flexibility index (Phi) is 9.62. The van der Waals surface area contributed by atoms with Crippen molar-refractivity contribution in [3.05, 3.63) is 46.0 Å². The zero-order valence-corrected chi connectivity index (χ0v) is 31.2. The molecular weight excluding hydrogens is 712 g/mol. The van der Waals surface area contributed by atoms with Gasteiger partial charge in [0, 0.05) is 62.8 Å². The Labute approximate surface area is 310 Å². The Hall–Kier alpha value is -4.96. The maximum Gasteiger partial charge on any atom is 0.304 e. The molecule has 0 radical (unpaired) electrons. The molecule has 6 rings (SSSR count). The first-order chi connectivity index (χ1) is 25.2. The molecule has 16 heteroatoms. The largest absolute Gasteiger partial charge is 0.465 e. The van der Waals surface area contributed by atoms with Crippen LogP contribution in [0.3, 0.4) is 0 Å². The van der Waals surface area contributed by atoms with Crippen LogP contribution >= 0.6 is 0 Å². The zero-order chi connectivity index (χ0) is 39.7. The van der Waals surface area contributed by atoms with E-state index in [1.807, 2.05) is 0 Å². The molecule has 0 bridgehead atoms. The third-order valence-electron chi connectivity index (χ3n) is 10.5. The van der Waals surface area contributed by atoms with E-state index in [-0.39, 0.29) is 24.0 Å². The Morgan fingerprint density at radius 1 is 0.593 bits per heavy atom. The summed E-state index contributed by atoms with van der Waals surface area (Å²) in [6.07, 6.45) is -0.0435. The number of fused-ring (bicyclic) bond motifs is 2. The van der Waals surface area contributed by atoms with E-state index < -0.39 is 116 Å². The molecule has 2 spiro atoms. The lowest BCUT2D eigenvalue weighted by Crippen LogP contribution is -2.63. The van der Waals surface area contributed by atoms with Gasteiger partial charge in [-0.1, -0.05) is 0 Å². The molecule has 4 aliphatic heterocycles. The van der Waals surface area contributed by atoms with Crippen molar-refractivity contribution in [2.24, 2.45) is 0 Å². The van der Waals surface area contributed by atoms with Gasteiger partial charge in [0.2, 0.25) is 34.3 Å². The SMILES string of the molecule is CC(=O)O[C@@H]1C2=C(C3=C4C(=CO[C@@]5(CCC[C@H](C)O5)[C@@H]4OC(C)=O)C(=O)[C@](C)(OC(C)=O)C3=O)C(=O)[C@@](C)(OC(C)=O)C(=O)C2=CO[C@@]12CCC[C@@H](C)O2. The number of Topliss-reactive ketones (excluding diaryl/α,β-unsaturated/α-hetero) is 4. The molecule has 6 aliphatic rings. The molecule has 2 fully saturated rings. The van der Waals surface area contributed by atoms with E-state index in [0.717, 1.165) is 54.1 Å². The van der Waals surface area contributed by atoms with Crippen LogP contribution in [0.5, 0.6) is 0 Å². The molecule has 8 atom stereocenters. The van der Waals surface area contributed by atoms with Crippen LogP contribution in [-0.4, -0.2) is 94.2 Å². The van der Waals surface area contributed by atoms with Gasteiger partial charge in [-0.05, 0) is 53.4 Å². The van der Waals surface area contributed by atoms with Crippen molar-refractivity contribution in [2.45, 2.75) is 141 Å². The minimum atomic E-state index is -2.65. The fraction of sp³-hybridized carbons (Fsp3) is 0.579. The quantitative estimate of drug-likeness (QED) is 0.224. The van der Waals surface area contributed by atoms with Crippen molar-refractivity contribution in [3.8, 4) is 0 Å².